The summed E-state index contributed by atoms with van der Waals surface area (Å²) in [6.45, 7) is 1.25. The fourth-order valence-corrected chi connectivity index (χ4v) is 4.06. The number of hydrogen-bond acceptors (Lipinski definition) is 7. The lowest BCUT2D eigenvalue weighted by Crippen LogP contribution is -2.29. The zero-order chi connectivity index (χ0) is 20.9. The average Bonchev–Trinajstić information content (AvgIpc) is 2.69. The van der Waals surface area contributed by atoms with Crippen molar-refractivity contribution in [2.45, 2.75) is 25.0 Å². The van der Waals surface area contributed by atoms with E-state index in [1.165, 1.54) is 0 Å². The van der Waals surface area contributed by atoms with Crippen LogP contribution in [0.15, 0.2) is 53.2 Å². The van der Waals surface area contributed by atoms with E-state index in [4.69, 9.17) is 11.6 Å². The second-order valence-corrected chi connectivity index (χ2v) is 8.42. The van der Waals surface area contributed by atoms with Crippen LogP contribution in [0.5, 0.6) is 0 Å². The van der Waals surface area contributed by atoms with Crippen molar-refractivity contribution in [2.24, 2.45) is 0 Å². The van der Waals surface area contributed by atoms with Gasteiger partial charge in [0.25, 0.3) is 6.20 Å². The Morgan fingerprint density at radius 1 is 1.17 bits per heavy atom. The first-order valence-corrected chi connectivity index (χ1v) is 11.5. The van der Waals surface area contributed by atoms with Gasteiger partial charge < -0.3 is 10.6 Å². The van der Waals surface area contributed by atoms with Crippen molar-refractivity contribution >= 4 is 39.3 Å². The van der Waals surface area contributed by atoms with Gasteiger partial charge in [0.2, 0.25) is 0 Å². The predicted molar refractivity (Wildman–Crippen MR) is 121 cm³/mol. The Hall–Kier alpha value is -1.84. The molecule has 0 unspecified atom stereocenters. The van der Waals surface area contributed by atoms with Gasteiger partial charge in [0.05, 0.1) is 21.3 Å². The number of halogens is 2. The number of rotatable bonds is 13. The van der Waals surface area contributed by atoms with Crippen LogP contribution in [-0.2, 0) is 12.2 Å². The van der Waals surface area contributed by atoms with Crippen LogP contribution < -0.4 is 10.6 Å². The van der Waals surface area contributed by atoms with Crippen molar-refractivity contribution in [3.05, 3.63) is 79.7 Å². The summed E-state index contributed by atoms with van der Waals surface area (Å²) in [5.74, 6) is 2.00. The molecule has 0 aliphatic carbocycles. The Bertz CT molecular complexity index is 767. The van der Waals surface area contributed by atoms with E-state index in [0.717, 1.165) is 52.8 Å². The SMILES string of the molecule is O=[N+]([O-])C=C(NCCCCc1ncccc1Cl)NCCSCc1ncccc1Br. The highest BCUT2D eigenvalue weighted by molar-refractivity contribution is 9.10. The van der Waals surface area contributed by atoms with Crippen molar-refractivity contribution in [3.63, 3.8) is 0 Å². The molecular formula is C19H23BrClN5O2S. The third kappa shape index (κ3) is 9.47. The number of nitrogens with one attached hydrogen (secondary N) is 2. The number of hydrogen-bond donors (Lipinski definition) is 2. The van der Waals surface area contributed by atoms with Gasteiger partial charge in [-0.15, -0.1) is 0 Å². The lowest BCUT2D eigenvalue weighted by molar-refractivity contribution is -0.404. The second-order valence-electron chi connectivity index (χ2n) is 6.06. The van der Waals surface area contributed by atoms with Crippen molar-refractivity contribution < 1.29 is 4.92 Å². The fraction of sp³-hybridized carbons (Fsp3) is 0.368. The molecule has 2 aromatic rings. The Morgan fingerprint density at radius 2 is 1.90 bits per heavy atom. The second kappa shape index (κ2) is 13.4. The Kier molecular flexibility index (Phi) is 10.8. The highest BCUT2D eigenvalue weighted by Crippen LogP contribution is 2.18. The van der Waals surface area contributed by atoms with Gasteiger partial charge >= 0.3 is 0 Å². The molecule has 0 amide bonds. The van der Waals surface area contributed by atoms with Gasteiger partial charge in [0.1, 0.15) is 0 Å². The van der Waals surface area contributed by atoms with E-state index in [0.29, 0.717) is 23.9 Å². The van der Waals surface area contributed by atoms with Crippen molar-refractivity contribution in [1.29, 1.82) is 0 Å². The Morgan fingerprint density at radius 3 is 2.62 bits per heavy atom. The number of nitro groups is 1. The summed E-state index contributed by atoms with van der Waals surface area (Å²) in [7, 11) is 0. The van der Waals surface area contributed by atoms with Crippen molar-refractivity contribution in [3.8, 4) is 0 Å². The minimum atomic E-state index is -0.457. The van der Waals surface area contributed by atoms with Crippen LogP contribution in [-0.4, -0.2) is 33.7 Å². The maximum atomic E-state index is 10.8. The Balaban J connectivity index is 1.65. The number of thioether (sulfide) groups is 1. The van der Waals surface area contributed by atoms with Crippen LogP contribution in [0.3, 0.4) is 0 Å². The lowest BCUT2D eigenvalue weighted by Gasteiger charge is -2.11. The zero-order valence-corrected chi connectivity index (χ0v) is 19.0. The average molecular weight is 501 g/mol. The van der Waals surface area contributed by atoms with E-state index in [1.807, 2.05) is 18.2 Å². The smallest absolute Gasteiger partial charge is 0.274 e. The van der Waals surface area contributed by atoms with E-state index in [1.54, 1.807) is 30.2 Å². The standard InChI is InChI=1S/C19H23BrClN5O2S/c20-15-5-3-9-23-18(15)14-29-12-11-25-19(13-26(27)28)24-8-2-1-7-17-16(21)6-4-10-22-17/h3-6,9-10,13,24-25H,1-2,7-8,11-12,14H2. The number of nitrogens with zero attached hydrogens (tertiary/aromatic N) is 3. The summed E-state index contributed by atoms with van der Waals surface area (Å²) in [5.41, 5.74) is 1.87. The molecule has 29 heavy (non-hydrogen) atoms. The molecule has 0 bridgehead atoms. The number of aromatic nitrogens is 2. The van der Waals surface area contributed by atoms with Crippen LogP contribution >= 0.6 is 39.3 Å². The third-order valence-electron chi connectivity index (χ3n) is 3.86. The first-order chi connectivity index (χ1) is 14.1. The molecule has 2 heterocycles. The topological polar surface area (TPSA) is 93.0 Å². The molecular weight excluding hydrogens is 478 g/mol. The number of pyridine rings is 2. The van der Waals surface area contributed by atoms with Crippen LogP contribution in [0.1, 0.15) is 24.2 Å². The largest absolute Gasteiger partial charge is 0.367 e. The summed E-state index contributed by atoms with van der Waals surface area (Å²) in [6.07, 6.45) is 6.99. The lowest BCUT2D eigenvalue weighted by atomic mass is 10.2. The summed E-state index contributed by atoms with van der Waals surface area (Å²) < 4.78 is 0.989. The van der Waals surface area contributed by atoms with E-state index in [2.05, 4.69) is 36.5 Å². The molecule has 0 atom stereocenters. The highest BCUT2D eigenvalue weighted by atomic mass is 79.9. The summed E-state index contributed by atoms with van der Waals surface area (Å²) in [4.78, 5) is 19.0. The van der Waals surface area contributed by atoms with Gasteiger partial charge in [0.15, 0.2) is 5.82 Å². The van der Waals surface area contributed by atoms with Gasteiger partial charge in [-0.1, -0.05) is 11.6 Å². The molecule has 0 spiro atoms. The first-order valence-electron chi connectivity index (χ1n) is 9.16. The Labute approximate surface area is 188 Å². The molecule has 2 rings (SSSR count). The molecule has 0 aliphatic heterocycles. The van der Waals surface area contributed by atoms with Crippen LogP contribution in [0.2, 0.25) is 5.02 Å². The van der Waals surface area contributed by atoms with Gasteiger partial charge in [-0.3, -0.25) is 20.1 Å². The minimum Gasteiger partial charge on any atom is -0.367 e. The van der Waals surface area contributed by atoms with E-state index in [9.17, 15) is 10.1 Å². The maximum absolute atomic E-state index is 10.8. The minimum absolute atomic E-state index is 0.422. The van der Waals surface area contributed by atoms with Gasteiger partial charge in [-0.2, -0.15) is 11.8 Å². The quantitative estimate of drug-likeness (QED) is 0.239. The highest BCUT2D eigenvalue weighted by Gasteiger charge is 2.05. The van der Waals surface area contributed by atoms with Crippen LogP contribution in [0.4, 0.5) is 0 Å². The van der Waals surface area contributed by atoms with Crippen LogP contribution in [0.25, 0.3) is 0 Å². The molecule has 2 aromatic heterocycles. The monoisotopic (exact) mass is 499 g/mol. The third-order valence-corrected chi connectivity index (χ3v) is 5.90. The maximum Gasteiger partial charge on any atom is 0.274 e. The molecule has 7 nitrogen and oxygen atoms in total. The van der Waals surface area contributed by atoms with Crippen molar-refractivity contribution in [2.75, 3.05) is 18.8 Å². The van der Waals surface area contributed by atoms with Gasteiger partial charge in [0, 0.05) is 41.5 Å². The number of aryl methyl sites for hydroxylation is 1. The fourth-order valence-electron chi connectivity index (χ4n) is 2.45. The normalized spacial score (nSPS) is 11.3. The first kappa shape index (κ1) is 23.4. The predicted octanol–water partition coefficient (Wildman–Crippen LogP) is 4.40. The molecule has 0 radical (unpaired) electrons. The molecule has 0 aromatic carbocycles. The number of unbranched alkanes of at least 4 members (excludes halogenated alkanes) is 1. The summed E-state index contributed by atoms with van der Waals surface area (Å²) >= 11 is 11.3. The molecule has 0 saturated carbocycles. The van der Waals surface area contributed by atoms with E-state index in [-0.39, 0.29) is 0 Å². The molecule has 10 heteroatoms. The molecule has 156 valence electrons. The zero-order valence-electron chi connectivity index (χ0n) is 15.8. The molecule has 2 N–H and O–H groups in total. The van der Waals surface area contributed by atoms with Gasteiger partial charge in [-0.05, 0) is 59.5 Å². The molecule has 0 fully saturated rings. The molecule has 0 aliphatic rings. The van der Waals surface area contributed by atoms with E-state index >= 15 is 0 Å². The van der Waals surface area contributed by atoms with E-state index < -0.39 is 4.92 Å². The van der Waals surface area contributed by atoms with Crippen LogP contribution in [0, 0.1) is 10.1 Å². The summed E-state index contributed by atoms with van der Waals surface area (Å²) in [6, 6.07) is 7.48. The van der Waals surface area contributed by atoms with Crippen molar-refractivity contribution in [1.82, 2.24) is 20.6 Å². The van der Waals surface area contributed by atoms with Gasteiger partial charge in [-0.25, -0.2) is 0 Å². The molecule has 0 saturated heterocycles. The summed E-state index contributed by atoms with van der Waals surface area (Å²) in [5, 5.41) is 17.7.